The summed E-state index contributed by atoms with van der Waals surface area (Å²) in [6, 6.07) is 9.49. The van der Waals surface area contributed by atoms with Crippen LogP contribution in [0.25, 0.3) is 0 Å². The topological polar surface area (TPSA) is 45.2 Å². The summed E-state index contributed by atoms with van der Waals surface area (Å²) in [6.07, 6.45) is 3.95. The Morgan fingerprint density at radius 3 is 2.78 bits per heavy atom. The predicted molar refractivity (Wildman–Crippen MR) is 99.2 cm³/mol. The van der Waals surface area contributed by atoms with Crippen molar-refractivity contribution >= 4 is 33.2 Å². The van der Waals surface area contributed by atoms with E-state index in [9.17, 15) is 4.79 Å². The quantitative estimate of drug-likeness (QED) is 0.799. The van der Waals surface area contributed by atoms with Crippen molar-refractivity contribution in [1.29, 1.82) is 0 Å². The molecule has 1 N–H and O–H groups in total. The molecule has 0 atom stereocenters. The number of nitrogens with one attached hydrogen (secondary N) is 1. The number of hydrogen-bond donors (Lipinski definition) is 1. The second-order valence-electron chi connectivity index (χ2n) is 5.59. The van der Waals surface area contributed by atoms with Gasteiger partial charge in [0, 0.05) is 35.6 Å². The zero-order valence-electron chi connectivity index (χ0n) is 13.8. The highest BCUT2D eigenvalue weighted by Crippen LogP contribution is 2.21. The Morgan fingerprint density at radius 1 is 1.30 bits per heavy atom. The molecule has 1 aromatic carbocycles. The molecule has 5 heteroatoms. The Hall–Kier alpha value is -1.88. The molecule has 0 bridgehead atoms. The minimum Gasteiger partial charge on any atom is -0.374 e. The molecule has 1 heterocycles. The molecule has 0 unspecified atom stereocenters. The van der Waals surface area contributed by atoms with Crippen LogP contribution in [0.5, 0.6) is 0 Å². The minimum atomic E-state index is -0.202. The molecule has 0 aliphatic heterocycles. The summed E-state index contributed by atoms with van der Waals surface area (Å²) in [5, 5.41) is 2.89. The summed E-state index contributed by atoms with van der Waals surface area (Å²) in [6.45, 7) is 5.14. The highest BCUT2D eigenvalue weighted by atomic mass is 79.9. The third kappa shape index (κ3) is 4.79. The minimum absolute atomic E-state index is 0.202. The summed E-state index contributed by atoms with van der Waals surface area (Å²) in [5.41, 5.74) is 3.30. The fraction of sp³-hybridized carbons (Fsp3) is 0.333. The van der Waals surface area contributed by atoms with E-state index in [1.54, 1.807) is 6.20 Å². The van der Waals surface area contributed by atoms with Gasteiger partial charge in [0.05, 0.1) is 0 Å². The molecule has 0 saturated heterocycles. The lowest BCUT2D eigenvalue weighted by Gasteiger charge is -2.19. The van der Waals surface area contributed by atoms with Crippen molar-refractivity contribution in [3.8, 4) is 0 Å². The maximum absolute atomic E-state index is 12.4. The molecule has 2 aromatic rings. The van der Waals surface area contributed by atoms with Crippen molar-refractivity contribution in [2.24, 2.45) is 0 Å². The third-order valence-corrected chi connectivity index (χ3v) is 4.55. The number of hydrogen-bond acceptors (Lipinski definition) is 3. The van der Waals surface area contributed by atoms with Gasteiger partial charge in [-0.2, -0.15) is 0 Å². The number of unbranched alkanes of at least 4 members (excludes halogenated alkanes) is 1. The first-order valence-electron chi connectivity index (χ1n) is 7.76. The van der Waals surface area contributed by atoms with Gasteiger partial charge >= 0.3 is 0 Å². The first-order valence-corrected chi connectivity index (χ1v) is 8.55. The Morgan fingerprint density at radius 2 is 2.09 bits per heavy atom. The first-order chi connectivity index (χ1) is 11.0. The van der Waals surface area contributed by atoms with Gasteiger partial charge in [0.15, 0.2) is 0 Å². The number of amides is 1. The largest absolute Gasteiger partial charge is 0.374 e. The lowest BCUT2D eigenvalue weighted by atomic mass is 10.2. The van der Waals surface area contributed by atoms with Crippen molar-refractivity contribution in [1.82, 2.24) is 4.98 Å². The van der Waals surface area contributed by atoms with Crippen molar-refractivity contribution in [2.75, 3.05) is 23.8 Å². The number of carbonyl (C=O) groups excluding carboxylic acids is 1. The zero-order chi connectivity index (χ0) is 16.8. The van der Waals surface area contributed by atoms with Crippen LogP contribution in [0, 0.1) is 6.92 Å². The van der Waals surface area contributed by atoms with Gasteiger partial charge in [-0.1, -0.05) is 35.3 Å². The second kappa shape index (κ2) is 8.11. The lowest BCUT2D eigenvalue weighted by molar-refractivity contribution is 0.102. The van der Waals surface area contributed by atoms with E-state index >= 15 is 0 Å². The lowest BCUT2D eigenvalue weighted by Crippen LogP contribution is -2.20. The Bertz CT molecular complexity index is 688. The number of benzene rings is 1. The molecule has 0 aliphatic rings. The number of aromatic nitrogens is 1. The van der Waals surface area contributed by atoms with Gasteiger partial charge in [0.2, 0.25) is 0 Å². The Balaban J connectivity index is 2.11. The van der Waals surface area contributed by atoms with Gasteiger partial charge in [0.25, 0.3) is 5.91 Å². The fourth-order valence-corrected chi connectivity index (χ4v) is 2.55. The van der Waals surface area contributed by atoms with Crippen LogP contribution in [0.1, 0.15) is 35.8 Å². The van der Waals surface area contributed by atoms with Crippen LogP contribution in [0.3, 0.4) is 0 Å². The zero-order valence-corrected chi connectivity index (χ0v) is 15.4. The molecule has 0 spiro atoms. The maximum atomic E-state index is 12.4. The van der Waals surface area contributed by atoms with Crippen LogP contribution in [0.15, 0.2) is 41.0 Å². The summed E-state index contributed by atoms with van der Waals surface area (Å²) in [5.74, 6) is -0.202. The molecule has 0 saturated carbocycles. The predicted octanol–water partition coefficient (Wildman–Crippen LogP) is 4.64. The average molecular weight is 376 g/mol. The summed E-state index contributed by atoms with van der Waals surface area (Å²) in [4.78, 5) is 18.7. The molecular weight excluding hydrogens is 354 g/mol. The Kier molecular flexibility index (Phi) is 6.16. The number of rotatable bonds is 6. The number of pyridine rings is 1. The normalized spacial score (nSPS) is 10.4. The summed E-state index contributed by atoms with van der Waals surface area (Å²) in [7, 11) is 2.03. The van der Waals surface area contributed by atoms with Crippen LogP contribution in [-0.4, -0.2) is 24.5 Å². The van der Waals surface area contributed by atoms with Crippen molar-refractivity contribution in [3.63, 3.8) is 0 Å². The van der Waals surface area contributed by atoms with Crippen molar-refractivity contribution in [3.05, 3.63) is 52.3 Å². The molecule has 23 heavy (non-hydrogen) atoms. The second-order valence-corrected chi connectivity index (χ2v) is 6.45. The van der Waals surface area contributed by atoms with E-state index in [1.165, 1.54) is 0 Å². The van der Waals surface area contributed by atoms with Gasteiger partial charge in [0.1, 0.15) is 5.69 Å². The smallest absolute Gasteiger partial charge is 0.274 e. The van der Waals surface area contributed by atoms with Crippen LogP contribution >= 0.6 is 15.9 Å². The van der Waals surface area contributed by atoms with Crippen molar-refractivity contribution in [2.45, 2.75) is 26.7 Å². The molecule has 0 fully saturated rings. The van der Waals surface area contributed by atoms with Gasteiger partial charge in [-0.25, -0.2) is 0 Å². The average Bonchev–Trinajstić information content (AvgIpc) is 2.56. The SMILES string of the molecule is CCCCN(C)c1ccnc(C(=O)Nc2ccc(C)c(Br)c2)c1. The number of halogens is 1. The fourth-order valence-electron chi connectivity index (χ4n) is 2.17. The van der Waals surface area contributed by atoms with E-state index in [-0.39, 0.29) is 5.91 Å². The number of carbonyl (C=O) groups is 1. The number of anilines is 2. The molecule has 4 nitrogen and oxygen atoms in total. The molecule has 0 radical (unpaired) electrons. The van der Waals surface area contributed by atoms with Gasteiger partial charge < -0.3 is 10.2 Å². The molecule has 122 valence electrons. The Labute approximate surface area is 146 Å². The van der Waals surface area contributed by atoms with E-state index < -0.39 is 0 Å². The highest BCUT2D eigenvalue weighted by molar-refractivity contribution is 9.10. The number of aryl methyl sites for hydroxylation is 1. The first kappa shape index (κ1) is 17.5. The van der Waals surface area contributed by atoms with Gasteiger partial charge in [-0.05, 0) is 43.2 Å². The molecule has 2 rings (SSSR count). The van der Waals surface area contributed by atoms with E-state index in [4.69, 9.17) is 0 Å². The third-order valence-electron chi connectivity index (χ3n) is 3.69. The van der Waals surface area contributed by atoms with E-state index in [2.05, 4.69) is 38.1 Å². The summed E-state index contributed by atoms with van der Waals surface area (Å²) >= 11 is 3.47. The standard InChI is InChI=1S/C18H22BrN3O/c1-4-5-10-22(3)15-8-9-20-17(12-15)18(23)21-14-7-6-13(2)16(19)11-14/h6-9,11-12H,4-5,10H2,1-3H3,(H,21,23). The number of nitrogens with zero attached hydrogens (tertiary/aromatic N) is 2. The van der Waals surface area contributed by atoms with E-state index in [0.29, 0.717) is 5.69 Å². The van der Waals surface area contributed by atoms with Crippen LogP contribution in [0.4, 0.5) is 11.4 Å². The van der Waals surface area contributed by atoms with Crippen LogP contribution in [-0.2, 0) is 0 Å². The monoisotopic (exact) mass is 375 g/mol. The highest BCUT2D eigenvalue weighted by Gasteiger charge is 2.10. The van der Waals surface area contributed by atoms with Gasteiger partial charge in [-0.3, -0.25) is 9.78 Å². The van der Waals surface area contributed by atoms with Crippen LogP contribution in [0.2, 0.25) is 0 Å². The molecule has 1 aromatic heterocycles. The van der Waals surface area contributed by atoms with E-state index in [0.717, 1.165) is 40.8 Å². The molecular formula is C18H22BrN3O. The van der Waals surface area contributed by atoms with Crippen molar-refractivity contribution < 1.29 is 4.79 Å². The van der Waals surface area contributed by atoms with Gasteiger partial charge in [-0.15, -0.1) is 0 Å². The van der Waals surface area contributed by atoms with E-state index in [1.807, 2.05) is 44.3 Å². The van der Waals surface area contributed by atoms with Crippen LogP contribution < -0.4 is 10.2 Å². The summed E-state index contributed by atoms with van der Waals surface area (Å²) < 4.78 is 0.969. The molecule has 1 amide bonds. The molecule has 0 aliphatic carbocycles. The maximum Gasteiger partial charge on any atom is 0.274 e.